The summed E-state index contributed by atoms with van der Waals surface area (Å²) in [6, 6.07) is 16.0. The topological polar surface area (TPSA) is 213 Å². The Kier molecular flexibility index (Phi) is 20.8. The Labute approximate surface area is 322 Å². The van der Waals surface area contributed by atoms with Crippen molar-refractivity contribution in [2.45, 2.75) is 71.8 Å². The van der Waals surface area contributed by atoms with Gasteiger partial charge in [-0.3, -0.25) is 24.0 Å². The highest BCUT2D eigenvalue weighted by atomic mass is 35.5. The summed E-state index contributed by atoms with van der Waals surface area (Å²) in [7, 11) is 1.43. The molecule has 0 saturated heterocycles. The van der Waals surface area contributed by atoms with E-state index in [0.717, 1.165) is 16.0 Å². The number of ether oxygens (including phenoxy) is 2. The van der Waals surface area contributed by atoms with Crippen LogP contribution in [0.2, 0.25) is 0 Å². The van der Waals surface area contributed by atoms with Crippen LogP contribution in [0.25, 0.3) is 0 Å². The smallest absolute Gasteiger partial charge is 0.410 e. The lowest BCUT2D eigenvalue weighted by molar-refractivity contribution is -0.132. The van der Waals surface area contributed by atoms with Crippen LogP contribution in [0.3, 0.4) is 0 Å². The summed E-state index contributed by atoms with van der Waals surface area (Å²) in [6.45, 7) is 7.89. The molecule has 0 unspecified atom stereocenters. The second-order valence-electron chi connectivity index (χ2n) is 13.7. The molecule has 16 nitrogen and oxygen atoms in total. The second-order valence-corrected chi connectivity index (χ2v) is 13.7. The van der Waals surface area contributed by atoms with Crippen LogP contribution in [-0.4, -0.2) is 104 Å². The zero-order chi connectivity index (χ0) is 39.4. The van der Waals surface area contributed by atoms with E-state index >= 15 is 0 Å². The molecule has 7 amide bonds. The van der Waals surface area contributed by atoms with Gasteiger partial charge in [-0.05, 0) is 44.2 Å². The quantitative estimate of drug-likeness (QED) is 0.115. The molecule has 0 aromatic heterocycles. The van der Waals surface area contributed by atoms with E-state index in [4.69, 9.17) is 9.47 Å². The predicted octanol–water partition coefficient (Wildman–Crippen LogP) is 1.81. The van der Waals surface area contributed by atoms with Crippen LogP contribution >= 0.6 is 12.4 Å². The van der Waals surface area contributed by atoms with Crippen molar-refractivity contribution < 1.29 is 43.0 Å². The number of hydrogen-bond acceptors (Lipinski definition) is 9. The van der Waals surface area contributed by atoms with Gasteiger partial charge in [0, 0.05) is 26.6 Å². The minimum Gasteiger partial charge on any atom is -0.445 e. The van der Waals surface area contributed by atoms with Crippen LogP contribution in [0.1, 0.15) is 52.2 Å². The van der Waals surface area contributed by atoms with Crippen molar-refractivity contribution in [3.8, 4) is 0 Å². The van der Waals surface area contributed by atoms with Gasteiger partial charge in [0.05, 0.1) is 6.54 Å². The number of nitrogens with zero attached hydrogens (tertiary/aromatic N) is 1. The second kappa shape index (κ2) is 24.0. The first kappa shape index (κ1) is 46.6. The summed E-state index contributed by atoms with van der Waals surface area (Å²) in [5.41, 5.74) is 0.798. The molecule has 0 saturated carbocycles. The molecule has 0 aliphatic carbocycles. The molecule has 0 heterocycles. The van der Waals surface area contributed by atoms with Crippen molar-refractivity contribution in [3.63, 3.8) is 0 Å². The third-order valence-corrected chi connectivity index (χ3v) is 7.16. The van der Waals surface area contributed by atoms with Gasteiger partial charge in [-0.25, -0.2) is 9.59 Å². The third-order valence-electron chi connectivity index (χ3n) is 7.16. The highest BCUT2D eigenvalue weighted by Gasteiger charge is 2.28. The first-order valence-electron chi connectivity index (χ1n) is 17.4. The highest BCUT2D eigenvalue weighted by Crippen LogP contribution is 2.09. The number of rotatable bonds is 19. The molecule has 298 valence electrons. The Balaban J connectivity index is 0.0000146. The first-order valence-corrected chi connectivity index (χ1v) is 17.4. The van der Waals surface area contributed by atoms with Crippen molar-refractivity contribution in [2.24, 2.45) is 5.92 Å². The predicted molar refractivity (Wildman–Crippen MR) is 203 cm³/mol. The molecular weight excluding hydrogens is 722 g/mol. The number of amides is 7. The highest BCUT2D eigenvalue weighted by molar-refractivity contribution is 5.94. The molecule has 2 aromatic carbocycles. The van der Waals surface area contributed by atoms with Crippen molar-refractivity contribution in [2.75, 3.05) is 39.8 Å². The standard InChI is InChI=1S/C37H53N7O9.ClH/c1-25(2)19-28(43-34(49)29(20-26-13-9-7-10-14-26)42-31(46)22-41-35(50)53-37(3,4)5)33(48)40-21-30(45)38-17-18-39-32(47)23-44(6)36(51)52-24-27-15-11-8-12-16-27;/h7-16,25,28-29H,17-24H2,1-6H3,(H,38,45)(H,39,47)(H,40,48)(H,41,50)(H,42,46)(H,43,49);1H/t28-,29-;/m0./s1. The van der Waals surface area contributed by atoms with E-state index < -0.39 is 72.5 Å². The van der Waals surface area contributed by atoms with Crippen LogP contribution in [0.15, 0.2) is 60.7 Å². The number of carbonyl (C=O) groups excluding carboxylic acids is 7. The van der Waals surface area contributed by atoms with Gasteiger partial charge in [0.25, 0.3) is 0 Å². The number of alkyl carbamates (subject to hydrolysis) is 1. The van der Waals surface area contributed by atoms with Gasteiger partial charge in [-0.2, -0.15) is 0 Å². The molecule has 54 heavy (non-hydrogen) atoms. The largest absolute Gasteiger partial charge is 0.445 e. The average molecular weight is 776 g/mol. The monoisotopic (exact) mass is 775 g/mol. The van der Waals surface area contributed by atoms with Gasteiger partial charge in [0.2, 0.25) is 29.5 Å². The fourth-order valence-corrected chi connectivity index (χ4v) is 4.67. The van der Waals surface area contributed by atoms with Crippen LogP contribution in [0.5, 0.6) is 0 Å². The number of hydrogen-bond donors (Lipinski definition) is 6. The van der Waals surface area contributed by atoms with E-state index in [2.05, 4.69) is 31.9 Å². The van der Waals surface area contributed by atoms with E-state index in [0.29, 0.717) is 0 Å². The van der Waals surface area contributed by atoms with Crippen LogP contribution in [-0.2, 0) is 46.5 Å². The summed E-state index contributed by atoms with van der Waals surface area (Å²) in [6.07, 6.45) is -1.11. The van der Waals surface area contributed by atoms with Crippen LogP contribution < -0.4 is 31.9 Å². The summed E-state index contributed by atoms with van der Waals surface area (Å²) in [4.78, 5) is 89.4. The molecule has 17 heteroatoms. The molecule has 2 aromatic rings. The first-order chi connectivity index (χ1) is 25.0. The summed E-state index contributed by atoms with van der Waals surface area (Å²) in [5, 5.41) is 15.4. The minimum atomic E-state index is -1.09. The van der Waals surface area contributed by atoms with Gasteiger partial charge < -0.3 is 46.3 Å². The van der Waals surface area contributed by atoms with E-state index in [9.17, 15) is 33.6 Å². The molecule has 0 aliphatic heterocycles. The number of likely N-dealkylation sites (N-methyl/N-ethyl adjacent to an activating group) is 1. The van der Waals surface area contributed by atoms with Gasteiger partial charge in [-0.1, -0.05) is 74.5 Å². The number of benzene rings is 2. The van der Waals surface area contributed by atoms with Crippen LogP contribution in [0, 0.1) is 5.92 Å². The summed E-state index contributed by atoms with van der Waals surface area (Å²) >= 11 is 0. The third kappa shape index (κ3) is 20.0. The Hall–Kier alpha value is -5.38. The molecule has 2 atom stereocenters. The maximum atomic E-state index is 13.5. The molecule has 0 fully saturated rings. The van der Waals surface area contributed by atoms with Crippen molar-refractivity contribution in [3.05, 3.63) is 71.8 Å². The number of nitrogens with one attached hydrogen (secondary N) is 6. The Morgan fingerprint density at radius 3 is 1.81 bits per heavy atom. The SMILES string of the molecule is CC(C)C[C@H](NC(=O)[C@H](Cc1ccccc1)NC(=O)CNC(=O)OC(C)(C)C)C(=O)NCC(=O)NCCNC(=O)CN(C)C(=O)OCc1ccccc1.Cl. The van der Waals surface area contributed by atoms with E-state index in [1.807, 2.05) is 50.2 Å². The Morgan fingerprint density at radius 2 is 1.24 bits per heavy atom. The molecule has 0 bridgehead atoms. The lowest BCUT2D eigenvalue weighted by atomic mass is 10.0. The van der Waals surface area contributed by atoms with Crippen molar-refractivity contribution >= 4 is 54.1 Å². The zero-order valence-corrected chi connectivity index (χ0v) is 32.5. The fraction of sp³-hybridized carbons (Fsp3) is 0.486. The Bertz CT molecular complexity index is 1520. The average Bonchev–Trinajstić information content (AvgIpc) is 3.09. The van der Waals surface area contributed by atoms with E-state index in [-0.39, 0.29) is 57.4 Å². The molecule has 0 spiro atoms. The van der Waals surface area contributed by atoms with Gasteiger partial charge in [0.15, 0.2) is 0 Å². The molecule has 6 N–H and O–H groups in total. The van der Waals surface area contributed by atoms with Crippen LogP contribution in [0.4, 0.5) is 9.59 Å². The number of halogens is 1. The fourth-order valence-electron chi connectivity index (χ4n) is 4.67. The van der Waals surface area contributed by atoms with Gasteiger partial charge >= 0.3 is 12.2 Å². The van der Waals surface area contributed by atoms with E-state index in [1.54, 1.807) is 45.0 Å². The minimum absolute atomic E-state index is 0. The van der Waals surface area contributed by atoms with Gasteiger partial charge in [-0.15, -0.1) is 12.4 Å². The Morgan fingerprint density at radius 1 is 0.685 bits per heavy atom. The molecular formula is C37H54ClN7O9. The van der Waals surface area contributed by atoms with Crippen molar-refractivity contribution in [1.82, 2.24) is 36.8 Å². The lowest BCUT2D eigenvalue weighted by Gasteiger charge is -2.24. The molecule has 0 aliphatic rings. The number of carbonyl (C=O) groups is 7. The summed E-state index contributed by atoms with van der Waals surface area (Å²) in [5.74, 6) is -2.88. The molecule has 2 rings (SSSR count). The maximum absolute atomic E-state index is 13.5. The van der Waals surface area contributed by atoms with E-state index in [1.165, 1.54) is 7.05 Å². The summed E-state index contributed by atoms with van der Waals surface area (Å²) < 4.78 is 10.3. The lowest BCUT2D eigenvalue weighted by Crippen LogP contribution is -2.56. The van der Waals surface area contributed by atoms with Gasteiger partial charge in [0.1, 0.15) is 37.4 Å². The zero-order valence-electron chi connectivity index (χ0n) is 31.7. The molecule has 0 radical (unpaired) electrons. The normalized spacial score (nSPS) is 11.8. The maximum Gasteiger partial charge on any atom is 0.410 e. The van der Waals surface area contributed by atoms with Crippen molar-refractivity contribution in [1.29, 1.82) is 0 Å².